The lowest BCUT2D eigenvalue weighted by Crippen LogP contribution is -2.74. The number of fused-ring (bicyclic) bond motifs is 4. The highest BCUT2D eigenvalue weighted by Crippen LogP contribution is 2.48. The van der Waals surface area contributed by atoms with Crippen LogP contribution in [0.4, 0.5) is 10.5 Å². The maximum absolute atomic E-state index is 13.4. The summed E-state index contributed by atoms with van der Waals surface area (Å²) in [6.07, 6.45) is 0.209. The summed E-state index contributed by atoms with van der Waals surface area (Å²) < 4.78 is 0. The smallest absolute Gasteiger partial charge is 0.332 e. The second-order valence-electron chi connectivity index (χ2n) is 7.50. The van der Waals surface area contributed by atoms with E-state index in [1.54, 1.807) is 6.07 Å². The van der Waals surface area contributed by atoms with Gasteiger partial charge in [0.25, 0.3) is 0 Å². The Labute approximate surface area is 163 Å². The molecule has 2 fully saturated rings. The molecule has 2 saturated heterocycles. The molecule has 144 valence electrons. The molecule has 8 heteroatoms. The van der Waals surface area contributed by atoms with Crippen molar-refractivity contribution in [3.05, 3.63) is 28.8 Å². The molecule has 1 atom stereocenters. The zero-order chi connectivity index (χ0) is 19.5. The number of urea groups is 1. The largest absolute Gasteiger partial charge is 0.364 e. The van der Waals surface area contributed by atoms with Gasteiger partial charge in [-0.3, -0.25) is 24.3 Å². The summed E-state index contributed by atoms with van der Waals surface area (Å²) in [5.41, 5.74) is 0.443. The van der Waals surface area contributed by atoms with E-state index in [0.717, 1.165) is 34.1 Å². The Morgan fingerprint density at radius 2 is 1.78 bits per heavy atom. The van der Waals surface area contributed by atoms with Gasteiger partial charge in [0, 0.05) is 50.9 Å². The lowest BCUT2D eigenvalue weighted by atomic mass is 9.67. The molecule has 4 rings (SSSR count). The first-order valence-corrected chi connectivity index (χ1v) is 9.57. The van der Waals surface area contributed by atoms with E-state index >= 15 is 0 Å². The first-order chi connectivity index (χ1) is 12.8. The van der Waals surface area contributed by atoms with Crippen LogP contribution in [0.2, 0.25) is 5.02 Å². The molecular weight excluding hydrogens is 368 g/mol. The van der Waals surface area contributed by atoms with Gasteiger partial charge in [-0.15, -0.1) is 0 Å². The van der Waals surface area contributed by atoms with E-state index in [0.29, 0.717) is 18.1 Å². The summed E-state index contributed by atoms with van der Waals surface area (Å²) in [6.45, 7) is 5.06. The van der Waals surface area contributed by atoms with Crippen LogP contribution in [0.3, 0.4) is 0 Å². The second kappa shape index (κ2) is 6.21. The van der Waals surface area contributed by atoms with Crippen molar-refractivity contribution < 1.29 is 14.4 Å². The summed E-state index contributed by atoms with van der Waals surface area (Å²) in [5, 5.41) is 0.547. The highest BCUT2D eigenvalue weighted by molar-refractivity contribution is 6.32. The zero-order valence-corrected chi connectivity index (χ0v) is 16.5. The number of likely N-dealkylation sites (N-methyl/N-ethyl adjacent to an activating group) is 1. The van der Waals surface area contributed by atoms with Crippen LogP contribution >= 0.6 is 11.6 Å². The van der Waals surface area contributed by atoms with E-state index in [2.05, 4.69) is 16.7 Å². The Morgan fingerprint density at radius 3 is 2.41 bits per heavy atom. The maximum Gasteiger partial charge on any atom is 0.332 e. The zero-order valence-electron chi connectivity index (χ0n) is 15.7. The minimum atomic E-state index is -1.34. The Morgan fingerprint density at radius 1 is 1.11 bits per heavy atom. The van der Waals surface area contributed by atoms with Gasteiger partial charge in [-0.25, -0.2) is 4.79 Å². The van der Waals surface area contributed by atoms with Gasteiger partial charge in [0.1, 0.15) is 0 Å². The molecule has 1 aromatic carbocycles. The fourth-order valence-electron chi connectivity index (χ4n) is 4.75. The Kier molecular flexibility index (Phi) is 4.20. The van der Waals surface area contributed by atoms with Crippen LogP contribution < -0.4 is 4.90 Å². The van der Waals surface area contributed by atoms with Crippen molar-refractivity contribution in [1.82, 2.24) is 14.7 Å². The average molecular weight is 391 g/mol. The van der Waals surface area contributed by atoms with Gasteiger partial charge in [-0.2, -0.15) is 0 Å². The molecule has 0 N–H and O–H groups in total. The number of carbonyl (C=O) groups is 3. The Bertz CT molecular complexity index is 818. The Hall–Kier alpha value is -2.12. The van der Waals surface area contributed by atoms with Crippen LogP contribution in [-0.4, -0.2) is 78.9 Å². The molecule has 1 spiro atoms. The first-order valence-electron chi connectivity index (χ1n) is 9.19. The van der Waals surface area contributed by atoms with Crippen LogP contribution in [0, 0.1) is 5.41 Å². The molecule has 0 saturated carbocycles. The van der Waals surface area contributed by atoms with E-state index in [1.165, 1.54) is 14.1 Å². The predicted molar refractivity (Wildman–Crippen MR) is 102 cm³/mol. The number of benzene rings is 1. The normalized spacial score (nSPS) is 25.1. The number of carbonyl (C=O) groups excluding carboxylic acids is 3. The number of hydrogen-bond donors (Lipinski definition) is 0. The Balaban J connectivity index is 1.93. The number of halogens is 1. The lowest BCUT2D eigenvalue weighted by molar-refractivity contribution is -0.160. The fraction of sp³-hybridized carbons (Fsp3) is 0.526. The van der Waals surface area contributed by atoms with Crippen molar-refractivity contribution in [3.8, 4) is 0 Å². The minimum Gasteiger partial charge on any atom is -0.364 e. The third kappa shape index (κ3) is 2.34. The van der Waals surface area contributed by atoms with Gasteiger partial charge in [0.2, 0.25) is 11.8 Å². The van der Waals surface area contributed by atoms with Gasteiger partial charge < -0.3 is 4.90 Å². The van der Waals surface area contributed by atoms with Crippen molar-refractivity contribution in [2.45, 2.75) is 19.4 Å². The number of barbiturate groups is 1. The molecule has 3 aliphatic rings. The van der Waals surface area contributed by atoms with Crippen LogP contribution in [0.25, 0.3) is 0 Å². The van der Waals surface area contributed by atoms with Crippen molar-refractivity contribution >= 4 is 35.1 Å². The molecule has 1 aromatic rings. The van der Waals surface area contributed by atoms with E-state index in [-0.39, 0.29) is 12.5 Å². The van der Waals surface area contributed by atoms with Gasteiger partial charge in [-0.1, -0.05) is 24.6 Å². The quantitative estimate of drug-likeness (QED) is 0.679. The van der Waals surface area contributed by atoms with E-state index in [1.807, 2.05) is 12.1 Å². The maximum atomic E-state index is 13.4. The van der Waals surface area contributed by atoms with Crippen molar-refractivity contribution in [2.24, 2.45) is 5.41 Å². The minimum absolute atomic E-state index is 0.209. The monoisotopic (exact) mass is 390 g/mol. The van der Waals surface area contributed by atoms with Crippen LogP contribution in [0.5, 0.6) is 0 Å². The first kappa shape index (κ1) is 18.3. The molecule has 3 aliphatic heterocycles. The van der Waals surface area contributed by atoms with Crippen molar-refractivity contribution in [2.75, 3.05) is 45.2 Å². The number of piperazine rings is 1. The summed E-state index contributed by atoms with van der Waals surface area (Å²) in [6, 6.07) is 4.76. The molecule has 0 aromatic heterocycles. The molecule has 0 radical (unpaired) electrons. The average Bonchev–Trinajstić information content (AvgIpc) is 2.69. The van der Waals surface area contributed by atoms with Crippen molar-refractivity contribution in [1.29, 1.82) is 0 Å². The molecule has 0 unspecified atom stereocenters. The summed E-state index contributed by atoms with van der Waals surface area (Å²) >= 11 is 6.47. The van der Waals surface area contributed by atoms with Gasteiger partial charge >= 0.3 is 6.03 Å². The van der Waals surface area contributed by atoms with E-state index in [4.69, 9.17) is 11.6 Å². The number of rotatable bonds is 1. The number of imide groups is 2. The van der Waals surface area contributed by atoms with Gasteiger partial charge in [0.05, 0.1) is 6.04 Å². The number of nitrogens with zero attached hydrogens (tertiary/aromatic N) is 4. The number of amides is 4. The topological polar surface area (TPSA) is 64.2 Å². The molecule has 7 nitrogen and oxygen atoms in total. The van der Waals surface area contributed by atoms with E-state index < -0.39 is 23.3 Å². The number of anilines is 1. The standard InChI is InChI=1S/C19H23ClN4O3/c1-4-23-8-9-24-14-7-5-6-13(20)12(14)10-19(15(24)11-23)16(25)21(2)18(27)22(3)17(19)26/h5-7,15H,4,8-11H2,1-3H3/t15-/m0/s1. The highest BCUT2D eigenvalue weighted by Gasteiger charge is 2.63. The molecular formula is C19H23ClN4O3. The summed E-state index contributed by atoms with van der Waals surface area (Å²) in [7, 11) is 2.89. The van der Waals surface area contributed by atoms with Gasteiger partial charge in [0.15, 0.2) is 5.41 Å². The fourth-order valence-corrected chi connectivity index (χ4v) is 4.99. The molecule has 3 heterocycles. The second-order valence-corrected chi connectivity index (χ2v) is 7.91. The van der Waals surface area contributed by atoms with Crippen LogP contribution in [0.1, 0.15) is 12.5 Å². The molecule has 4 amide bonds. The molecule has 0 aliphatic carbocycles. The third-order valence-electron chi connectivity index (χ3n) is 6.29. The van der Waals surface area contributed by atoms with Gasteiger partial charge in [-0.05, 0) is 24.2 Å². The summed E-state index contributed by atoms with van der Waals surface area (Å²) in [4.78, 5) is 45.7. The lowest BCUT2D eigenvalue weighted by Gasteiger charge is -2.56. The van der Waals surface area contributed by atoms with Crippen molar-refractivity contribution in [3.63, 3.8) is 0 Å². The van der Waals surface area contributed by atoms with E-state index in [9.17, 15) is 14.4 Å². The van der Waals surface area contributed by atoms with Crippen LogP contribution in [-0.2, 0) is 16.0 Å². The summed E-state index contributed by atoms with van der Waals surface area (Å²) in [5.74, 6) is -0.872. The predicted octanol–water partition coefficient (Wildman–Crippen LogP) is 1.44. The highest BCUT2D eigenvalue weighted by atomic mass is 35.5. The third-order valence-corrected chi connectivity index (χ3v) is 6.64. The molecule has 0 bridgehead atoms. The molecule has 27 heavy (non-hydrogen) atoms. The van der Waals surface area contributed by atoms with Crippen LogP contribution in [0.15, 0.2) is 18.2 Å². The number of hydrogen-bond acceptors (Lipinski definition) is 5. The SMILES string of the molecule is CCN1CCN2c3cccc(Cl)c3CC3(C(=O)N(C)C(=O)N(C)C3=O)[C@@H]2C1.